The molecule has 1 atom stereocenters. The van der Waals surface area contributed by atoms with Crippen molar-refractivity contribution in [2.45, 2.75) is 59.0 Å². The predicted octanol–water partition coefficient (Wildman–Crippen LogP) is 2.51. The van der Waals surface area contributed by atoms with Gasteiger partial charge in [0.05, 0.1) is 6.61 Å². The molecule has 1 aliphatic rings. The molecule has 3 nitrogen and oxygen atoms in total. The lowest BCUT2D eigenvalue weighted by Gasteiger charge is -2.50. The smallest absolute Gasteiger partial charge is 0.0593 e. The Bertz CT molecular complexity index is 253. The second-order valence-electron chi connectivity index (χ2n) is 6.97. The molecule has 18 heavy (non-hydrogen) atoms. The van der Waals surface area contributed by atoms with E-state index in [1.807, 2.05) is 0 Å². The van der Waals surface area contributed by atoms with Gasteiger partial charge in [-0.1, -0.05) is 20.8 Å². The third kappa shape index (κ3) is 4.52. The van der Waals surface area contributed by atoms with Gasteiger partial charge < -0.3 is 10.1 Å². The number of nitrogens with one attached hydrogen (secondary N) is 1. The van der Waals surface area contributed by atoms with Gasteiger partial charge in [-0.15, -0.1) is 0 Å². The second kappa shape index (κ2) is 6.36. The number of rotatable bonds is 6. The van der Waals surface area contributed by atoms with E-state index in [2.05, 4.69) is 51.8 Å². The number of nitrogens with zero attached hydrogens (tertiary/aromatic N) is 1. The molecule has 1 fully saturated rings. The summed E-state index contributed by atoms with van der Waals surface area (Å²) in [5, 5.41) is 3.69. The minimum absolute atomic E-state index is 0.232. The van der Waals surface area contributed by atoms with Crippen LogP contribution in [0.1, 0.15) is 48.0 Å². The largest absolute Gasteiger partial charge is 0.380 e. The lowest BCUT2D eigenvalue weighted by atomic mass is 9.88. The maximum atomic E-state index is 5.73. The van der Waals surface area contributed by atoms with Crippen molar-refractivity contribution < 1.29 is 4.74 Å². The van der Waals surface area contributed by atoms with Crippen molar-refractivity contribution in [3.05, 3.63) is 0 Å². The van der Waals surface area contributed by atoms with Crippen molar-refractivity contribution in [3.63, 3.8) is 0 Å². The van der Waals surface area contributed by atoms with E-state index in [4.69, 9.17) is 4.74 Å². The van der Waals surface area contributed by atoms with E-state index < -0.39 is 0 Å². The Balaban J connectivity index is 2.44. The van der Waals surface area contributed by atoms with Crippen LogP contribution in [0.3, 0.4) is 0 Å². The quantitative estimate of drug-likeness (QED) is 0.739. The average molecular weight is 256 g/mol. The topological polar surface area (TPSA) is 24.5 Å². The van der Waals surface area contributed by atoms with Crippen LogP contribution < -0.4 is 5.32 Å². The van der Waals surface area contributed by atoms with Gasteiger partial charge in [0.25, 0.3) is 0 Å². The van der Waals surface area contributed by atoms with E-state index in [-0.39, 0.29) is 11.1 Å². The summed E-state index contributed by atoms with van der Waals surface area (Å²) in [6.07, 6.45) is 1.17. The van der Waals surface area contributed by atoms with Crippen molar-refractivity contribution in [1.29, 1.82) is 0 Å². The Morgan fingerprint density at radius 3 is 2.50 bits per heavy atom. The molecule has 0 amide bonds. The molecule has 0 aliphatic carbocycles. The third-order valence-electron chi connectivity index (χ3n) is 4.08. The first-order valence-electron chi connectivity index (χ1n) is 7.37. The number of ether oxygens (including phenoxy) is 1. The first kappa shape index (κ1) is 15.9. The standard InChI is InChI=1S/C15H32N2O/c1-7-15(6)12-17(14(4,5)11-16-15)8-9-18-10-13(2)3/h13,16H,7-12H2,1-6H3. The van der Waals surface area contributed by atoms with Crippen molar-refractivity contribution in [2.24, 2.45) is 5.92 Å². The Labute approximate surface area is 113 Å². The fourth-order valence-corrected chi connectivity index (χ4v) is 2.34. The molecule has 1 aliphatic heterocycles. The molecule has 0 saturated carbocycles. The molecule has 0 bridgehead atoms. The number of hydrogen-bond acceptors (Lipinski definition) is 3. The highest BCUT2D eigenvalue weighted by molar-refractivity contribution is 4.98. The van der Waals surface area contributed by atoms with E-state index >= 15 is 0 Å². The Morgan fingerprint density at radius 1 is 1.28 bits per heavy atom. The molecule has 0 aromatic heterocycles. The maximum Gasteiger partial charge on any atom is 0.0593 e. The van der Waals surface area contributed by atoms with Gasteiger partial charge in [-0.25, -0.2) is 0 Å². The molecule has 0 spiro atoms. The molecular weight excluding hydrogens is 224 g/mol. The van der Waals surface area contributed by atoms with Gasteiger partial charge in [-0.2, -0.15) is 0 Å². The van der Waals surface area contributed by atoms with Gasteiger partial charge in [-0.05, 0) is 33.1 Å². The minimum Gasteiger partial charge on any atom is -0.380 e. The predicted molar refractivity (Wildman–Crippen MR) is 78.0 cm³/mol. The van der Waals surface area contributed by atoms with E-state index in [1.165, 1.54) is 6.42 Å². The summed E-state index contributed by atoms with van der Waals surface area (Å²) in [6.45, 7) is 18.5. The summed E-state index contributed by atoms with van der Waals surface area (Å²) in [4.78, 5) is 2.58. The van der Waals surface area contributed by atoms with Crippen LogP contribution in [0.15, 0.2) is 0 Å². The molecule has 1 heterocycles. The summed E-state index contributed by atoms with van der Waals surface area (Å²) < 4.78 is 5.73. The van der Waals surface area contributed by atoms with Crippen molar-refractivity contribution in [3.8, 4) is 0 Å². The van der Waals surface area contributed by atoms with Crippen LogP contribution in [0.2, 0.25) is 0 Å². The first-order chi connectivity index (χ1) is 8.29. The van der Waals surface area contributed by atoms with Crippen LogP contribution >= 0.6 is 0 Å². The SMILES string of the molecule is CCC1(C)CN(CCOCC(C)C)C(C)(C)CN1. The van der Waals surface area contributed by atoms with Crippen LogP contribution in [0.25, 0.3) is 0 Å². The van der Waals surface area contributed by atoms with Crippen molar-refractivity contribution >= 4 is 0 Å². The highest BCUT2D eigenvalue weighted by Crippen LogP contribution is 2.25. The van der Waals surface area contributed by atoms with E-state index in [0.717, 1.165) is 32.8 Å². The Hall–Kier alpha value is -0.120. The normalized spacial score (nSPS) is 28.8. The monoisotopic (exact) mass is 256 g/mol. The summed E-state index contributed by atoms with van der Waals surface area (Å²) in [5.41, 5.74) is 0.490. The summed E-state index contributed by atoms with van der Waals surface area (Å²) >= 11 is 0. The zero-order valence-electron chi connectivity index (χ0n) is 13.2. The van der Waals surface area contributed by atoms with Crippen LogP contribution in [0.4, 0.5) is 0 Å². The van der Waals surface area contributed by atoms with Crippen LogP contribution in [0.5, 0.6) is 0 Å². The minimum atomic E-state index is 0.232. The molecule has 1 rings (SSSR count). The molecule has 1 saturated heterocycles. The highest BCUT2D eigenvalue weighted by Gasteiger charge is 2.38. The molecule has 0 radical (unpaired) electrons. The summed E-state index contributed by atoms with van der Waals surface area (Å²) in [7, 11) is 0. The first-order valence-corrected chi connectivity index (χ1v) is 7.37. The molecule has 0 aromatic carbocycles. The number of hydrogen-bond donors (Lipinski definition) is 1. The van der Waals surface area contributed by atoms with Crippen LogP contribution in [-0.4, -0.2) is 48.8 Å². The lowest BCUT2D eigenvalue weighted by Crippen LogP contribution is -2.67. The van der Waals surface area contributed by atoms with Gasteiger partial charge in [0.1, 0.15) is 0 Å². The van der Waals surface area contributed by atoms with Crippen LogP contribution in [-0.2, 0) is 4.74 Å². The summed E-state index contributed by atoms with van der Waals surface area (Å²) in [6, 6.07) is 0. The maximum absolute atomic E-state index is 5.73. The van der Waals surface area contributed by atoms with Gasteiger partial charge in [0, 0.05) is 37.3 Å². The lowest BCUT2D eigenvalue weighted by molar-refractivity contribution is 0.00174. The summed E-state index contributed by atoms with van der Waals surface area (Å²) in [5.74, 6) is 0.627. The van der Waals surface area contributed by atoms with Gasteiger partial charge in [0.15, 0.2) is 0 Å². The highest BCUT2D eigenvalue weighted by atomic mass is 16.5. The average Bonchev–Trinajstić information content (AvgIpc) is 2.29. The van der Waals surface area contributed by atoms with Crippen LogP contribution in [0, 0.1) is 5.92 Å². The van der Waals surface area contributed by atoms with E-state index in [9.17, 15) is 0 Å². The second-order valence-corrected chi connectivity index (χ2v) is 6.97. The Morgan fingerprint density at radius 2 is 1.94 bits per heavy atom. The molecular formula is C15H32N2O. The van der Waals surface area contributed by atoms with E-state index in [1.54, 1.807) is 0 Å². The molecule has 3 heteroatoms. The molecule has 0 aromatic rings. The zero-order valence-corrected chi connectivity index (χ0v) is 13.2. The van der Waals surface area contributed by atoms with Crippen molar-refractivity contribution in [1.82, 2.24) is 10.2 Å². The van der Waals surface area contributed by atoms with Gasteiger partial charge >= 0.3 is 0 Å². The fourth-order valence-electron chi connectivity index (χ4n) is 2.34. The van der Waals surface area contributed by atoms with Gasteiger partial charge in [-0.3, -0.25) is 4.90 Å². The zero-order chi connectivity index (χ0) is 13.8. The van der Waals surface area contributed by atoms with Gasteiger partial charge in [0.2, 0.25) is 0 Å². The Kier molecular flexibility index (Phi) is 5.63. The number of piperazine rings is 1. The fraction of sp³-hybridized carbons (Fsp3) is 1.00. The van der Waals surface area contributed by atoms with E-state index in [0.29, 0.717) is 5.92 Å². The molecule has 1 unspecified atom stereocenters. The molecule has 108 valence electrons. The third-order valence-corrected chi connectivity index (χ3v) is 4.08. The molecule has 1 N–H and O–H groups in total. The van der Waals surface area contributed by atoms with Crippen molar-refractivity contribution in [2.75, 3.05) is 32.8 Å².